The van der Waals surface area contributed by atoms with Gasteiger partial charge in [0.2, 0.25) is 0 Å². The van der Waals surface area contributed by atoms with Crippen LogP contribution in [0.2, 0.25) is 5.02 Å². The van der Waals surface area contributed by atoms with Gasteiger partial charge in [-0.25, -0.2) is 0 Å². The summed E-state index contributed by atoms with van der Waals surface area (Å²) in [6.45, 7) is 0. The van der Waals surface area contributed by atoms with Gasteiger partial charge in [-0.05, 0) is 18.2 Å². The predicted molar refractivity (Wildman–Crippen MR) is 67.2 cm³/mol. The van der Waals surface area contributed by atoms with E-state index in [4.69, 9.17) is 21.6 Å². The fraction of sp³-hybridized carbons (Fsp3) is 0.231. The highest BCUT2D eigenvalue weighted by Gasteiger charge is 2.05. The molecule has 0 radical (unpaired) electrons. The molecule has 0 saturated carbocycles. The molecule has 2 rings (SSSR count). The smallest absolute Gasteiger partial charge is 0.138 e. The van der Waals surface area contributed by atoms with Gasteiger partial charge in [-0.15, -0.1) is 0 Å². The van der Waals surface area contributed by atoms with E-state index in [1.807, 2.05) is 18.2 Å². The van der Waals surface area contributed by atoms with E-state index in [0.717, 1.165) is 16.6 Å². The number of hydrogen-bond acceptors (Lipinski definition) is 3. The largest absolute Gasteiger partial charge is 0.495 e. The van der Waals surface area contributed by atoms with Gasteiger partial charge in [0, 0.05) is 23.9 Å². The maximum Gasteiger partial charge on any atom is 0.138 e. The number of rotatable bonds is 3. The molecule has 0 saturated heterocycles. The second-order valence-electron chi connectivity index (χ2n) is 3.64. The molecule has 1 aromatic heterocycles. The Kier molecular flexibility index (Phi) is 3.46. The molecule has 0 atom stereocenters. The number of halogens is 1. The van der Waals surface area contributed by atoms with E-state index in [9.17, 15) is 0 Å². The maximum absolute atomic E-state index is 8.54. The van der Waals surface area contributed by atoms with Crippen LogP contribution in [-0.4, -0.2) is 12.1 Å². The quantitative estimate of drug-likeness (QED) is 0.834. The third kappa shape index (κ3) is 2.48. The third-order valence-corrected chi connectivity index (χ3v) is 2.81. The highest BCUT2D eigenvalue weighted by molar-refractivity contribution is 6.32. The van der Waals surface area contributed by atoms with Crippen molar-refractivity contribution in [1.82, 2.24) is 4.98 Å². The SMILES string of the molecule is COc1cc2ccc(CCC#N)nc2cc1Cl. The topological polar surface area (TPSA) is 45.9 Å². The van der Waals surface area contributed by atoms with Crippen molar-refractivity contribution in [3.05, 3.63) is 35.0 Å². The number of methoxy groups -OCH3 is 1. The van der Waals surface area contributed by atoms with Crippen molar-refractivity contribution < 1.29 is 4.74 Å². The standard InChI is InChI=1S/C13H11ClN2O/c1-17-13-7-9-4-5-10(3-2-6-15)16-12(9)8-11(13)14/h4-5,7-8H,2-3H2,1H3. The number of aromatic nitrogens is 1. The van der Waals surface area contributed by atoms with Crippen LogP contribution in [0.1, 0.15) is 12.1 Å². The molecule has 1 aromatic carbocycles. The van der Waals surface area contributed by atoms with Crippen molar-refractivity contribution >= 4 is 22.5 Å². The Balaban J connectivity index is 2.45. The van der Waals surface area contributed by atoms with Crippen molar-refractivity contribution in [3.8, 4) is 11.8 Å². The molecule has 0 bridgehead atoms. The van der Waals surface area contributed by atoms with Gasteiger partial charge in [-0.1, -0.05) is 17.7 Å². The Morgan fingerprint density at radius 2 is 2.24 bits per heavy atom. The second kappa shape index (κ2) is 5.03. The maximum atomic E-state index is 8.54. The molecule has 0 aliphatic rings. The highest BCUT2D eigenvalue weighted by Crippen LogP contribution is 2.29. The zero-order valence-electron chi connectivity index (χ0n) is 9.40. The molecule has 0 aliphatic carbocycles. The number of fused-ring (bicyclic) bond motifs is 1. The van der Waals surface area contributed by atoms with Crippen LogP contribution in [0.25, 0.3) is 10.9 Å². The predicted octanol–water partition coefficient (Wildman–Crippen LogP) is 3.35. The van der Waals surface area contributed by atoms with E-state index >= 15 is 0 Å². The van der Waals surface area contributed by atoms with Crippen LogP contribution in [0.3, 0.4) is 0 Å². The van der Waals surface area contributed by atoms with Gasteiger partial charge >= 0.3 is 0 Å². The minimum atomic E-state index is 0.475. The first-order valence-electron chi connectivity index (χ1n) is 5.24. The monoisotopic (exact) mass is 246 g/mol. The zero-order valence-corrected chi connectivity index (χ0v) is 10.2. The van der Waals surface area contributed by atoms with Crippen LogP contribution >= 0.6 is 11.6 Å². The highest BCUT2D eigenvalue weighted by atomic mass is 35.5. The zero-order chi connectivity index (χ0) is 12.3. The van der Waals surface area contributed by atoms with Crippen molar-refractivity contribution in [3.63, 3.8) is 0 Å². The normalized spacial score (nSPS) is 10.2. The first-order valence-corrected chi connectivity index (χ1v) is 5.62. The Morgan fingerprint density at radius 3 is 2.94 bits per heavy atom. The Bertz CT molecular complexity index is 590. The van der Waals surface area contributed by atoms with Gasteiger partial charge in [0.1, 0.15) is 5.75 Å². The fourth-order valence-electron chi connectivity index (χ4n) is 1.65. The summed E-state index contributed by atoms with van der Waals surface area (Å²) in [6.07, 6.45) is 1.14. The summed E-state index contributed by atoms with van der Waals surface area (Å²) >= 11 is 6.04. The van der Waals surface area contributed by atoms with Crippen molar-refractivity contribution in [1.29, 1.82) is 5.26 Å². The summed E-state index contributed by atoms with van der Waals surface area (Å²) in [5.41, 5.74) is 1.73. The molecular formula is C13H11ClN2O. The number of nitriles is 1. The summed E-state index contributed by atoms with van der Waals surface area (Å²) < 4.78 is 5.15. The summed E-state index contributed by atoms with van der Waals surface area (Å²) in [4.78, 5) is 4.46. The number of aryl methyl sites for hydroxylation is 1. The van der Waals surface area contributed by atoms with Gasteiger partial charge in [0.05, 0.1) is 23.7 Å². The number of ether oxygens (including phenoxy) is 1. The molecule has 17 heavy (non-hydrogen) atoms. The minimum absolute atomic E-state index is 0.475. The lowest BCUT2D eigenvalue weighted by Gasteiger charge is -2.06. The van der Waals surface area contributed by atoms with Crippen LogP contribution in [0.5, 0.6) is 5.75 Å². The number of nitrogens with zero attached hydrogens (tertiary/aromatic N) is 2. The fourth-order valence-corrected chi connectivity index (χ4v) is 1.88. The van der Waals surface area contributed by atoms with Gasteiger partial charge < -0.3 is 4.74 Å². The van der Waals surface area contributed by atoms with Crippen molar-refractivity contribution in [2.75, 3.05) is 7.11 Å². The summed E-state index contributed by atoms with van der Waals surface area (Å²) in [7, 11) is 1.59. The molecule has 3 nitrogen and oxygen atoms in total. The van der Waals surface area contributed by atoms with E-state index in [1.54, 1.807) is 13.2 Å². The van der Waals surface area contributed by atoms with E-state index in [2.05, 4.69) is 11.1 Å². The molecule has 0 unspecified atom stereocenters. The van der Waals surface area contributed by atoms with E-state index in [0.29, 0.717) is 23.6 Å². The minimum Gasteiger partial charge on any atom is -0.495 e. The molecule has 0 aliphatic heterocycles. The average molecular weight is 247 g/mol. The molecule has 86 valence electrons. The van der Waals surface area contributed by atoms with Gasteiger partial charge in [-0.2, -0.15) is 5.26 Å². The lowest BCUT2D eigenvalue weighted by Crippen LogP contribution is -1.91. The molecule has 0 amide bonds. The van der Waals surface area contributed by atoms with Crippen LogP contribution in [0, 0.1) is 11.3 Å². The third-order valence-electron chi connectivity index (χ3n) is 2.51. The Labute approximate surface area is 105 Å². The van der Waals surface area contributed by atoms with E-state index < -0.39 is 0 Å². The molecule has 1 heterocycles. The molecule has 0 N–H and O–H groups in total. The lowest BCUT2D eigenvalue weighted by atomic mass is 10.1. The van der Waals surface area contributed by atoms with Gasteiger partial charge in [-0.3, -0.25) is 4.98 Å². The van der Waals surface area contributed by atoms with E-state index in [1.165, 1.54) is 0 Å². The van der Waals surface area contributed by atoms with Crippen molar-refractivity contribution in [2.24, 2.45) is 0 Å². The Hall–Kier alpha value is -1.79. The van der Waals surface area contributed by atoms with Crippen LogP contribution in [0.4, 0.5) is 0 Å². The summed E-state index contributed by atoms with van der Waals surface area (Å²) in [5, 5.41) is 10.1. The van der Waals surface area contributed by atoms with Crippen LogP contribution < -0.4 is 4.74 Å². The summed E-state index contributed by atoms with van der Waals surface area (Å²) in [6, 6.07) is 9.64. The lowest BCUT2D eigenvalue weighted by molar-refractivity contribution is 0.415. The van der Waals surface area contributed by atoms with Gasteiger partial charge in [0.15, 0.2) is 0 Å². The van der Waals surface area contributed by atoms with Gasteiger partial charge in [0.25, 0.3) is 0 Å². The molecule has 4 heteroatoms. The first kappa shape index (κ1) is 11.7. The van der Waals surface area contributed by atoms with Crippen LogP contribution in [-0.2, 0) is 6.42 Å². The van der Waals surface area contributed by atoms with Crippen molar-refractivity contribution in [2.45, 2.75) is 12.8 Å². The number of pyridine rings is 1. The van der Waals surface area contributed by atoms with E-state index in [-0.39, 0.29) is 0 Å². The molecule has 0 spiro atoms. The average Bonchev–Trinajstić information content (AvgIpc) is 2.35. The number of hydrogen-bond donors (Lipinski definition) is 0. The summed E-state index contributed by atoms with van der Waals surface area (Å²) in [5.74, 6) is 0.644. The molecular weight excluding hydrogens is 236 g/mol. The Morgan fingerprint density at radius 1 is 1.41 bits per heavy atom. The molecule has 2 aromatic rings. The number of benzene rings is 1. The second-order valence-corrected chi connectivity index (χ2v) is 4.05. The molecule has 0 fully saturated rings. The van der Waals surface area contributed by atoms with Crippen LogP contribution in [0.15, 0.2) is 24.3 Å². The first-order chi connectivity index (χ1) is 8.24.